The van der Waals surface area contributed by atoms with Gasteiger partial charge in [-0.05, 0) is 43.4 Å². The zero-order valence-corrected chi connectivity index (χ0v) is 61.8. The molecule has 0 aliphatic carbocycles. The van der Waals surface area contributed by atoms with E-state index in [4.69, 9.17) is 37.0 Å². The number of hydrogen-bond acceptors (Lipinski definition) is 15. The van der Waals surface area contributed by atoms with E-state index in [1.54, 1.807) is 0 Å². The molecule has 0 aromatic carbocycles. The van der Waals surface area contributed by atoms with Crippen molar-refractivity contribution in [1.82, 2.24) is 0 Å². The number of unbranched alkanes of at least 4 members (excludes halogenated alkanes) is 38. The standard InChI is InChI=1S/C73H142O17P2/c1-8-10-11-12-13-23-33-40-47-54-70(75)83-60-69(90-73(78)57-50-43-36-29-28-32-39-46-53-66(7)9-2)63-88-92(81,82)86-59-67(74)58-85-91(79,80)87-62-68(61-84-71(76)55-48-41-34-26-22-21-25-31-38-45-52-65(5)6)89-72(77)56-49-42-35-27-20-18-16-14-15-17-19-24-30-37-44-51-64(3)4/h64-69,74H,8-63H2,1-7H3,(H,79,80)(H,81,82)/t66?,67-,68-,69-/m1/s1. The Kier molecular flexibility index (Phi) is 62.4. The molecule has 92 heavy (non-hydrogen) atoms. The van der Waals surface area contributed by atoms with Crippen molar-refractivity contribution in [2.75, 3.05) is 39.6 Å². The van der Waals surface area contributed by atoms with E-state index in [1.165, 1.54) is 180 Å². The molecular weight excluding hydrogens is 1210 g/mol. The van der Waals surface area contributed by atoms with Gasteiger partial charge >= 0.3 is 39.5 Å². The first-order valence-corrected chi connectivity index (χ1v) is 40.9. The Morgan fingerprint density at radius 2 is 0.554 bits per heavy atom. The first kappa shape index (κ1) is 90.1. The van der Waals surface area contributed by atoms with Crippen LogP contribution in [-0.2, 0) is 65.4 Å². The van der Waals surface area contributed by atoms with Crippen LogP contribution in [0.3, 0.4) is 0 Å². The number of carbonyl (C=O) groups excluding carboxylic acids is 4. The van der Waals surface area contributed by atoms with Gasteiger partial charge in [0.05, 0.1) is 26.4 Å². The van der Waals surface area contributed by atoms with E-state index in [0.29, 0.717) is 25.7 Å². The Labute approximate surface area is 562 Å². The molecule has 0 spiro atoms. The van der Waals surface area contributed by atoms with Crippen molar-refractivity contribution in [1.29, 1.82) is 0 Å². The normalized spacial score (nSPS) is 14.4. The van der Waals surface area contributed by atoms with Gasteiger partial charge in [0.1, 0.15) is 19.3 Å². The maximum Gasteiger partial charge on any atom is 0.472 e. The van der Waals surface area contributed by atoms with Crippen LogP contribution in [0.2, 0.25) is 0 Å². The maximum atomic E-state index is 13.1. The summed E-state index contributed by atoms with van der Waals surface area (Å²) in [5, 5.41) is 10.6. The maximum absolute atomic E-state index is 13.1. The van der Waals surface area contributed by atoms with Gasteiger partial charge in [0, 0.05) is 25.7 Å². The fourth-order valence-electron chi connectivity index (χ4n) is 11.0. The fraction of sp³-hybridized carbons (Fsp3) is 0.945. The Balaban J connectivity index is 5.23. The SMILES string of the molecule is CCCCCCCCCCCC(=O)OC[C@H](COP(=O)(O)OC[C@H](O)COP(=O)(O)OC[C@@H](COC(=O)CCCCCCCCCCCCC(C)C)OC(=O)CCCCCCCCCCCCCCCCCC(C)C)OC(=O)CCCCCCCCCCC(C)CC. The van der Waals surface area contributed by atoms with E-state index >= 15 is 0 Å². The van der Waals surface area contributed by atoms with Crippen LogP contribution in [0.4, 0.5) is 0 Å². The first-order chi connectivity index (χ1) is 44.3. The van der Waals surface area contributed by atoms with Crippen LogP contribution in [0.1, 0.15) is 370 Å². The molecule has 3 unspecified atom stereocenters. The summed E-state index contributed by atoms with van der Waals surface area (Å²) in [6.07, 6.45) is 48.5. The van der Waals surface area contributed by atoms with Gasteiger partial charge in [-0.1, -0.05) is 318 Å². The number of aliphatic hydroxyl groups is 1. The van der Waals surface area contributed by atoms with Crippen LogP contribution < -0.4 is 0 Å². The number of aliphatic hydroxyl groups excluding tert-OH is 1. The van der Waals surface area contributed by atoms with E-state index in [9.17, 15) is 43.2 Å². The highest BCUT2D eigenvalue weighted by atomic mass is 31.2. The Morgan fingerprint density at radius 3 is 0.826 bits per heavy atom. The molecule has 0 radical (unpaired) electrons. The average molecular weight is 1350 g/mol. The van der Waals surface area contributed by atoms with Gasteiger partial charge in [0.2, 0.25) is 0 Å². The summed E-state index contributed by atoms with van der Waals surface area (Å²) in [5.74, 6) is 0.207. The molecule has 546 valence electrons. The number of phosphoric acid groups is 2. The Hall–Kier alpha value is -1.94. The molecule has 0 bridgehead atoms. The summed E-state index contributed by atoms with van der Waals surface area (Å²) >= 11 is 0. The largest absolute Gasteiger partial charge is 0.472 e. The van der Waals surface area contributed by atoms with Crippen LogP contribution in [0.5, 0.6) is 0 Å². The van der Waals surface area contributed by atoms with Crippen molar-refractivity contribution in [2.45, 2.75) is 388 Å². The van der Waals surface area contributed by atoms with Gasteiger partial charge in [-0.2, -0.15) is 0 Å². The minimum absolute atomic E-state index is 0.105. The van der Waals surface area contributed by atoms with Crippen molar-refractivity contribution in [3.63, 3.8) is 0 Å². The number of carbonyl (C=O) groups is 4. The lowest BCUT2D eigenvalue weighted by Gasteiger charge is -2.21. The average Bonchev–Trinajstić information content (AvgIpc) is 3.54. The lowest BCUT2D eigenvalue weighted by molar-refractivity contribution is -0.161. The number of rotatable bonds is 71. The molecule has 17 nitrogen and oxygen atoms in total. The molecule has 0 aliphatic heterocycles. The van der Waals surface area contributed by atoms with Crippen LogP contribution >= 0.6 is 15.6 Å². The van der Waals surface area contributed by atoms with Crippen molar-refractivity contribution in [3.8, 4) is 0 Å². The molecule has 0 aliphatic rings. The topological polar surface area (TPSA) is 237 Å². The molecule has 0 saturated carbocycles. The number of esters is 4. The second-order valence-electron chi connectivity index (χ2n) is 27.5. The molecule has 6 atom stereocenters. The molecule has 0 rings (SSSR count). The second kappa shape index (κ2) is 63.8. The van der Waals surface area contributed by atoms with Crippen molar-refractivity contribution in [2.24, 2.45) is 17.8 Å². The van der Waals surface area contributed by atoms with Crippen LogP contribution in [-0.4, -0.2) is 96.7 Å². The fourth-order valence-corrected chi connectivity index (χ4v) is 12.6. The van der Waals surface area contributed by atoms with E-state index in [1.807, 2.05) is 0 Å². The molecule has 0 amide bonds. The summed E-state index contributed by atoms with van der Waals surface area (Å²) < 4.78 is 68.4. The summed E-state index contributed by atoms with van der Waals surface area (Å²) in [6.45, 7) is 11.9. The van der Waals surface area contributed by atoms with E-state index < -0.39 is 97.5 Å². The Morgan fingerprint density at radius 1 is 0.315 bits per heavy atom. The monoisotopic (exact) mass is 1350 g/mol. The predicted molar refractivity (Wildman–Crippen MR) is 372 cm³/mol. The van der Waals surface area contributed by atoms with Crippen LogP contribution in [0.15, 0.2) is 0 Å². The van der Waals surface area contributed by atoms with Crippen molar-refractivity contribution >= 4 is 39.5 Å². The highest BCUT2D eigenvalue weighted by Crippen LogP contribution is 2.45. The minimum Gasteiger partial charge on any atom is -0.462 e. The van der Waals surface area contributed by atoms with E-state index in [0.717, 1.165) is 108 Å². The third-order valence-corrected chi connectivity index (χ3v) is 19.1. The van der Waals surface area contributed by atoms with Crippen LogP contribution in [0.25, 0.3) is 0 Å². The van der Waals surface area contributed by atoms with Gasteiger partial charge in [-0.25, -0.2) is 9.13 Å². The molecular formula is C73H142O17P2. The molecule has 3 N–H and O–H groups in total. The number of phosphoric ester groups is 2. The van der Waals surface area contributed by atoms with Crippen LogP contribution in [0, 0.1) is 17.8 Å². The molecule has 0 aromatic heterocycles. The zero-order valence-electron chi connectivity index (χ0n) is 60.0. The molecule has 0 aromatic rings. The zero-order chi connectivity index (χ0) is 68.0. The van der Waals surface area contributed by atoms with Gasteiger partial charge in [-0.3, -0.25) is 37.3 Å². The highest BCUT2D eigenvalue weighted by Gasteiger charge is 2.30. The summed E-state index contributed by atoms with van der Waals surface area (Å²) in [6, 6.07) is 0. The third-order valence-electron chi connectivity index (χ3n) is 17.2. The van der Waals surface area contributed by atoms with E-state index in [2.05, 4.69) is 48.5 Å². The lowest BCUT2D eigenvalue weighted by atomic mass is 9.99. The van der Waals surface area contributed by atoms with Gasteiger partial charge in [0.25, 0.3) is 0 Å². The number of ether oxygens (including phenoxy) is 4. The van der Waals surface area contributed by atoms with Gasteiger partial charge in [0.15, 0.2) is 12.2 Å². The first-order valence-electron chi connectivity index (χ1n) is 37.9. The smallest absolute Gasteiger partial charge is 0.462 e. The quantitative estimate of drug-likeness (QED) is 0.0222. The summed E-state index contributed by atoms with van der Waals surface area (Å²) in [5.41, 5.74) is 0. The predicted octanol–water partition coefficient (Wildman–Crippen LogP) is 21.0. The highest BCUT2D eigenvalue weighted by molar-refractivity contribution is 7.47. The lowest BCUT2D eigenvalue weighted by Crippen LogP contribution is -2.30. The van der Waals surface area contributed by atoms with Crippen molar-refractivity contribution in [3.05, 3.63) is 0 Å². The van der Waals surface area contributed by atoms with Gasteiger partial charge < -0.3 is 33.8 Å². The second-order valence-corrected chi connectivity index (χ2v) is 30.4. The summed E-state index contributed by atoms with van der Waals surface area (Å²) in [4.78, 5) is 72.6. The van der Waals surface area contributed by atoms with Crippen molar-refractivity contribution < 1.29 is 80.2 Å². The minimum atomic E-state index is -4.95. The molecule has 0 heterocycles. The number of hydrogen-bond donors (Lipinski definition) is 3. The molecule has 19 heteroatoms. The van der Waals surface area contributed by atoms with E-state index in [-0.39, 0.29) is 25.7 Å². The third kappa shape index (κ3) is 65.4. The molecule has 0 fully saturated rings. The summed E-state index contributed by atoms with van der Waals surface area (Å²) in [7, 11) is -9.90. The Bertz CT molecular complexity index is 1800. The molecule has 0 saturated heterocycles. The van der Waals surface area contributed by atoms with Gasteiger partial charge in [-0.15, -0.1) is 0 Å².